The minimum atomic E-state index is -0.962. The van der Waals surface area contributed by atoms with Gasteiger partial charge in [0.1, 0.15) is 6.04 Å². The van der Waals surface area contributed by atoms with Gasteiger partial charge in [-0.05, 0) is 31.8 Å². The number of carboxylic acids is 1. The number of amides is 2. The maximum Gasteiger partial charge on any atom is 0.326 e. The highest BCUT2D eigenvalue weighted by molar-refractivity contribution is 5.82. The van der Waals surface area contributed by atoms with Crippen molar-refractivity contribution in [3.63, 3.8) is 0 Å². The zero-order valence-corrected chi connectivity index (χ0v) is 13.6. The molecule has 21 heavy (non-hydrogen) atoms. The second kappa shape index (κ2) is 8.22. The van der Waals surface area contributed by atoms with Gasteiger partial charge in [-0.15, -0.1) is 0 Å². The first kappa shape index (κ1) is 17.8. The van der Waals surface area contributed by atoms with Crippen molar-refractivity contribution in [1.82, 2.24) is 15.1 Å². The predicted molar refractivity (Wildman–Crippen MR) is 82.3 cm³/mol. The van der Waals surface area contributed by atoms with E-state index in [1.54, 1.807) is 4.90 Å². The fourth-order valence-corrected chi connectivity index (χ4v) is 2.90. The van der Waals surface area contributed by atoms with Crippen molar-refractivity contribution in [2.75, 3.05) is 26.2 Å². The van der Waals surface area contributed by atoms with Gasteiger partial charge in [0.05, 0.1) is 0 Å². The third kappa shape index (κ3) is 5.19. The van der Waals surface area contributed by atoms with Crippen LogP contribution in [0.1, 0.15) is 40.5 Å². The molecule has 0 bridgehead atoms. The number of aliphatic carboxylic acids is 1. The lowest BCUT2D eigenvalue weighted by Crippen LogP contribution is -2.48. The number of nitrogens with zero attached hydrogens (tertiary/aromatic N) is 2. The zero-order valence-electron chi connectivity index (χ0n) is 13.6. The summed E-state index contributed by atoms with van der Waals surface area (Å²) in [6, 6.07) is -0.665. The lowest BCUT2D eigenvalue weighted by atomic mass is 10.0. The van der Waals surface area contributed by atoms with E-state index >= 15 is 0 Å². The number of urea groups is 1. The van der Waals surface area contributed by atoms with Crippen LogP contribution in [0.2, 0.25) is 0 Å². The summed E-state index contributed by atoms with van der Waals surface area (Å²) in [5.41, 5.74) is 0. The largest absolute Gasteiger partial charge is 0.480 e. The number of carbonyl (C=O) groups excluding carboxylic acids is 1. The Labute approximate surface area is 127 Å². The van der Waals surface area contributed by atoms with E-state index in [0.29, 0.717) is 25.6 Å². The van der Waals surface area contributed by atoms with Crippen LogP contribution >= 0.6 is 0 Å². The number of rotatable bonds is 7. The van der Waals surface area contributed by atoms with Gasteiger partial charge in [-0.25, -0.2) is 9.59 Å². The van der Waals surface area contributed by atoms with Crippen molar-refractivity contribution in [2.24, 2.45) is 5.92 Å². The molecule has 2 atom stereocenters. The Kier molecular flexibility index (Phi) is 6.95. The summed E-state index contributed by atoms with van der Waals surface area (Å²) in [7, 11) is 0. The Morgan fingerprint density at radius 2 is 1.95 bits per heavy atom. The SMILES string of the molecule is CCN(CC)C1CCN(C(=O)N[C@H](CC(C)C)C(=O)O)C1. The van der Waals surface area contributed by atoms with Gasteiger partial charge in [-0.3, -0.25) is 4.90 Å². The molecule has 1 aliphatic heterocycles. The van der Waals surface area contributed by atoms with E-state index < -0.39 is 12.0 Å². The summed E-state index contributed by atoms with van der Waals surface area (Å²) in [6.45, 7) is 11.5. The molecule has 0 aromatic heterocycles. The minimum Gasteiger partial charge on any atom is -0.480 e. The average molecular weight is 299 g/mol. The molecule has 0 aliphatic carbocycles. The Balaban J connectivity index is 2.54. The molecule has 2 amide bonds. The first-order valence-electron chi connectivity index (χ1n) is 7.91. The molecule has 1 rings (SSSR count). The van der Waals surface area contributed by atoms with Gasteiger partial charge < -0.3 is 15.3 Å². The molecule has 0 aromatic rings. The van der Waals surface area contributed by atoms with Crippen LogP contribution in [-0.4, -0.2) is 65.2 Å². The van der Waals surface area contributed by atoms with Crippen LogP contribution in [0.4, 0.5) is 4.79 Å². The molecule has 6 nitrogen and oxygen atoms in total. The van der Waals surface area contributed by atoms with E-state index in [2.05, 4.69) is 24.1 Å². The molecular formula is C15H29N3O3. The number of likely N-dealkylation sites (N-methyl/N-ethyl adjacent to an activating group) is 1. The van der Waals surface area contributed by atoms with Crippen molar-refractivity contribution in [3.8, 4) is 0 Å². The summed E-state index contributed by atoms with van der Waals surface area (Å²) < 4.78 is 0. The molecule has 0 radical (unpaired) electrons. The smallest absolute Gasteiger partial charge is 0.326 e. The lowest BCUT2D eigenvalue weighted by Gasteiger charge is -2.26. The third-order valence-electron chi connectivity index (χ3n) is 4.08. The fourth-order valence-electron chi connectivity index (χ4n) is 2.90. The second-order valence-electron chi connectivity index (χ2n) is 6.08. The summed E-state index contributed by atoms with van der Waals surface area (Å²) in [5, 5.41) is 11.8. The highest BCUT2D eigenvalue weighted by atomic mass is 16.4. The molecule has 1 aliphatic rings. The molecule has 2 N–H and O–H groups in total. The van der Waals surface area contributed by atoms with Crippen molar-refractivity contribution in [1.29, 1.82) is 0 Å². The van der Waals surface area contributed by atoms with Crippen LogP contribution in [0.3, 0.4) is 0 Å². The van der Waals surface area contributed by atoms with Gasteiger partial charge >= 0.3 is 12.0 Å². The highest BCUT2D eigenvalue weighted by Gasteiger charge is 2.31. The number of carboxylic acid groups (broad SMARTS) is 1. The molecular weight excluding hydrogens is 270 g/mol. The van der Waals surface area contributed by atoms with E-state index in [1.165, 1.54) is 0 Å². The van der Waals surface area contributed by atoms with Gasteiger partial charge in [0.2, 0.25) is 0 Å². The van der Waals surface area contributed by atoms with Gasteiger partial charge in [0.25, 0.3) is 0 Å². The summed E-state index contributed by atoms with van der Waals surface area (Å²) in [4.78, 5) is 27.5. The summed E-state index contributed by atoms with van der Waals surface area (Å²) in [5.74, 6) is -0.732. The molecule has 0 saturated carbocycles. The zero-order chi connectivity index (χ0) is 16.0. The number of likely N-dealkylation sites (tertiary alicyclic amines) is 1. The van der Waals surface area contributed by atoms with Crippen molar-refractivity contribution in [3.05, 3.63) is 0 Å². The summed E-state index contributed by atoms with van der Waals surface area (Å²) in [6.07, 6.45) is 1.41. The van der Waals surface area contributed by atoms with Crippen LogP contribution in [0.15, 0.2) is 0 Å². The number of nitrogens with one attached hydrogen (secondary N) is 1. The Bertz CT molecular complexity index is 356. The van der Waals surface area contributed by atoms with E-state index in [-0.39, 0.29) is 11.9 Å². The molecule has 1 fully saturated rings. The molecule has 0 aromatic carbocycles. The Morgan fingerprint density at radius 1 is 1.33 bits per heavy atom. The summed E-state index contributed by atoms with van der Waals surface area (Å²) >= 11 is 0. The van der Waals surface area contributed by atoms with Crippen LogP contribution in [0.25, 0.3) is 0 Å². The molecule has 1 saturated heterocycles. The van der Waals surface area contributed by atoms with E-state index in [1.807, 2.05) is 13.8 Å². The molecule has 122 valence electrons. The third-order valence-corrected chi connectivity index (χ3v) is 4.08. The maximum absolute atomic E-state index is 12.2. The predicted octanol–water partition coefficient (Wildman–Crippen LogP) is 1.61. The quantitative estimate of drug-likeness (QED) is 0.749. The molecule has 0 spiro atoms. The van der Waals surface area contributed by atoms with Crippen molar-refractivity contribution in [2.45, 2.75) is 52.6 Å². The minimum absolute atomic E-state index is 0.230. The van der Waals surface area contributed by atoms with Crippen LogP contribution < -0.4 is 5.32 Å². The Hall–Kier alpha value is -1.30. The maximum atomic E-state index is 12.2. The number of hydrogen-bond acceptors (Lipinski definition) is 3. The number of hydrogen-bond donors (Lipinski definition) is 2. The molecule has 1 unspecified atom stereocenters. The van der Waals surface area contributed by atoms with Crippen molar-refractivity contribution < 1.29 is 14.7 Å². The molecule has 1 heterocycles. The van der Waals surface area contributed by atoms with Gasteiger partial charge in [0.15, 0.2) is 0 Å². The van der Waals surface area contributed by atoms with E-state index in [9.17, 15) is 14.7 Å². The van der Waals surface area contributed by atoms with Crippen LogP contribution in [0.5, 0.6) is 0 Å². The van der Waals surface area contributed by atoms with Gasteiger partial charge in [0, 0.05) is 19.1 Å². The molecule has 6 heteroatoms. The van der Waals surface area contributed by atoms with Crippen molar-refractivity contribution >= 4 is 12.0 Å². The van der Waals surface area contributed by atoms with Gasteiger partial charge in [-0.2, -0.15) is 0 Å². The van der Waals surface area contributed by atoms with Gasteiger partial charge in [-0.1, -0.05) is 27.7 Å². The lowest BCUT2D eigenvalue weighted by molar-refractivity contribution is -0.139. The highest BCUT2D eigenvalue weighted by Crippen LogP contribution is 2.16. The first-order chi connectivity index (χ1) is 9.88. The van der Waals surface area contributed by atoms with Crippen LogP contribution in [0, 0.1) is 5.92 Å². The number of carbonyl (C=O) groups is 2. The van der Waals surface area contributed by atoms with Crippen LogP contribution in [-0.2, 0) is 4.79 Å². The van der Waals surface area contributed by atoms with E-state index in [4.69, 9.17) is 0 Å². The monoisotopic (exact) mass is 299 g/mol. The normalized spacial score (nSPS) is 20.1. The first-order valence-corrected chi connectivity index (χ1v) is 7.91. The standard InChI is InChI=1S/C15H29N3O3/c1-5-17(6-2)12-7-8-18(10-12)15(21)16-13(14(19)20)9-11(3)4/h11-13H,5-10H2,1-4H3,(H,16,21)(H,19,20)/t12?,13-/m1/s1. The fraction of sp³-hybridized carbons (Fsp3) is 0.867. The second-order valence-corrected chi connectivity index (χ2v) is 6.08. The average Bonchev–Trinajstić information content (AvgIpc) is 2.88. The Morgan fingerprint density at radius 3 is 2.43 bits per heavy atom. The van der Waals surface area contributed by atoms with E-state index in [0.717, 1.165) is 19.5 Å². The topological polar surface area (TPSA) is 72.9 Å².